The molecule has 0 amide bonds. The van der Waals surface area contributed by atoms with Gasteiger partial charge >= 0.3 is 0 Å². The summed E-state index contributed by atoms with van der Waals surface area (Å²) in [5, 5.41) is 3.30. The molecule has 5 nitrogen and oxygen atoms in total. The largest absolute Gasteiger partial charge is 0.377 e. The molecule has 1 aliphatic heterocycles. The van der Waals surface area contributed by atoms with Crippen LogP contribution in [-0.2, 0) is 14.8 Å². The van der Waals surface area contributed by atoms with E-state index in [4.69, 9.17) is 11.2 Å². The summed E-state index contributed by atoms with van der Waals surface area (Å²) >= 11 is 0. The molecular formula is C20H28N2O3S. The number of hydrogen-bond acceptors (Lipinski definition) is 4. The van der Waals surface area contributed by atoms with Gasteiger partial charge in [-0.1, -0.05) is 36.3 Å². The van der Waals surface area contributed by atoms with Crippen LogP contribution in [0.1, 0.15) is 43.6 Å². The van der Waals surface area contributed by atoms with Gasteiger partial charge in [0.25, 0.3) is 0 Å². The molecule has 2 fully saturated rings. The van der Waals surface area contributed by atoms with Gasteiger partial charge in [-0.25, -0.2) is 13.1 Å². The van der Waals surface area contributed by atoms with Crippen molar-refractivity contribution in [3.8, 4) is 12.3 Å². The molecule has 1 aromatic carbocycles. The lowest BCUT2D eigenvalue weighted by Crippen LogP contribution is -2.46. The van der Waals surface area contributed by atoms with Crippen LogP contribution >= 0.6 is 0 Å². The average Bonchev–Trinajstić information content (AvgIpc) is 3.01. The maximum absolute atomic E-state index is 11.6. The second-order valence-corrected chi connectivity index (χ2v) is 9.22. The molecule has 2 aliphatic rings. The molecule has 1 heterocycles. The molecule has 2 N–H and O–H groups in total. The Morgan fingerprint density at radius 3 is 2.54 bits per heavy atom. The minimum absolute atomic E-state index is 0.0855. The van der Waals surface area contributed by atoms with Crippen LogP contribution in [0.15, 0.2) is 30.3 Å². The first kappa shape index (κ1) is 19.4. The van der Waals surface area contributed by atoms with Crippen molar-refractivity contribution < 1.29 is 13.2 Å². The Kier molecular flexibility index (Phi) is 6.36. The fraction of sp³-hybridized carbons (Fsp3) is 0.600. The minimum atomic E-state index is -3.27. The van der Waals surface area contributed by atoms with Gasteiger partial charge in [0.1, 0.15) is 0 Å². The lowest BCUT2D eigenvalue weighted by atomic mass is 9.83. The highest BCUT2D eigenvalue weighted by Gasteiger charge is 2.35. The van der Waals surface area contributed by atoms with Gasteiger partial charge in [-0.05, 0) is 43.6 Å². The van der Waals surface area contributed by atoms with E-state index in [0.717, 1.165) is 25.7 Å². The predicted octanol–water partition coefficient (Wildman–Crippen LogP) is 2.01. The second-order valence-electron chi connectivity index (χ2n) is 7.44. The molecule has 142 valence electrons. The van der Waals surface area contributed by atoms with Gasteiger partial charge in [-0.2, -0.15) is 0 Å². The van der Waals surface area contributed by atoms with E-state index in [0.29, 0.717) is 18.9 Å². The number of sulfonamides is 1. The van der Waals surface area contributed by atoms with E-state index in [9.17, 15) is 8.42 Å². The quantitative estimate of drug-likeness (QED) is 0.746. The summed E-state index contributed by atoms with van der Waals surface area (Å²) in [6.07, 6.45) is 11.8. The topological polar surface area (TPSA) is 67.4 Å². The summed E-state index contributed by atoms with van der Waals surface area (Å²) in [6, 6.07) is 10.2. The van der Waals surface area contributed by atoms with E-state index in [-0.39, 0.29) is 24.2 Å². The highest BCUT2D eigenvalue weighted by molar-refractivity contribution is 7.88. The first-order valence-electron chi connectivity index (χ1n) is 9.30. The number of terminal acetylenes is 1. The fourth-order valence-corrected chi connectivity index (χ4v) is 4.88. The van der Waals surface area contributed by atoms with Crippen molar-refractivity contribution in [3.63, 3.8) is 0 Å². The third-order valence-electron chi connectivity index (χ3n) is 5.41. The van der Waals surface area contributed by atoms with Crippen molar-refractivity contribution in [2.45, 2.75) is 62.3 Å². The first-order chi connectivity index (χ1) is 12.4. The average molecular weight is 377 g/mol. The maximum atomic E-state index is 11.6. The predicted molar refractivity (Wildman–Crippen MR) is 103 cm³/mol. The number of rotatable bonds is 6. The van der Waals surface area contributed by atoms with Crippen molar-refractivity contribution in [2.24, 2.45) is 0 Å². The Morgan fingerprint density at radius 1 is 1.23 bits per heavy atom. The zero-order chi connectivity index (χ0) is 18.6. The van der Waals surface area contributed by atoms with Gasteiger partial charge < -0.3 is 4.74 Å². The van der Waals surface area contributed by atoms with Gasteiger partial charge in [0.2, 0.25) is 10.0 Å². The van der Waals surface area contributed by atoms with Crippen molar-refractivity contribution in [2.75, 3.05) is 12.9 Å². The third kappa shape index (κ3) is 5.31. The SMILES string of the molecule is C#CC1CC(NS(C)(=O)=O)C(COC2CCC(c3ccccc3)CC2)N1. The van der Waals surface area contributed by atoms with Crippen LogP contribution in [-0.4, -0.2) is 45.5 Å². The van der Waals surface area contributed by atoms with Crippen molar-refractivity contribution >= 4 is 10.0 Å². The molecule has 3 atom stereocenters. The molecule has 1 saturated heterocycles. The van der Waals surface area contributed by atoms with Crippen LogP contribution in [0, 0.1) is 12.3 Å². The molecule has 0 aromatic heterocycles. The summed E-state index contributed by atoms with van der Waals surface area (Å²) in [6.45, 7) is 0.478. The molecule has 0 bridgehead atoms. The molecule has 1 aromatic rings. The summed E-state index contributed by atoms with van der Waals surface area (Å²) in [7, 11) is -3.27. The molecule has 3 rings (SSSR count). The highest BCUT2D eigenvalue weighted by atomic mass is 32.2. The molecule has 0 radical (unpaired) electrons. The van der Waals surface area contributed by atoms with E-state index in [1.54, 1.807) is 0 Å². The Labute approximate surface area is 157 Å². The molecule has 0 spiro atoms. The molecule has 6 heteroatoms. The third-order valence-corrected chi connectivity index (χ3v) is 6.14. The van der Waals surface area contributed by atoms with Crippen LogP contribution in [0.5, 0.6) is 0 Å². The van der Waals surface area contributed by atoms with Crippen LogP contribution in [0.4, 0.5) is 0 Å². The summed E-state index contributed by atoms with van der Waals surface area (Å²) in [4.78, 5) is 0. The first-order valence-corrected chi connectivity index (χ1v) is 11.2. The molecule has 3 unspecified atom stereocenters. The molecule has 1 saturated carbocycles. The van der Waals surface area contributed by atoms with Gasteiger partial charge in [0.15, 0.2) is 0 Å². The van der Waals surface area contributed by atoms with Crippen LogP contribution < -0.4 is 10.0 Å². The highest BCUT2D eigenvalue weighted by Crippen LogP contribution is 2.34. The second kappa shape index (κ2) is 8.53. The summed E-state index contributed by atoms with van der Waals surface area (Å²) < 4.78 is 32.0. The standard InChI is InChI=1S/C20H28N2O3S/c1-3-17-13-19(22-26(2,23)24)20(21-17)14-25-18-11-9-16(10-12-18)15-7-5-4-6-8-15/h1,4-8,16-22H,9-14H2,2H3. The van der Waals surface area contributed by atoms with Gasteiger partial charge in [0.05, 0.1) is 25.0 Å². The number of nitrogens with one attached hydrogen (secondary N) is 2. The van der Waals surface area contributed by atoms with E-state index in [1.165, 1.54) is 11.8 Å². The minimum Gasteiger partial charge on any atom is -0.377 e. The van der Waals surface area contributed by atoms with Crippen molar-refractivity contribution in [1.29, 1.82) is 0 Å². The van der Waals surface area contributed by atoms with E-state index >= 15 is 0 Å². The summed E-state index contributed by atoms with van der Waals surface area (Å²) in [5.41, 5.74) is 1.41. The zero-order valence-corrected chi connectivity index (χ0v) is 16.0. The molecule has 26 heavy (non-hydrogen) atoms. The normalized spacial score (nSPS) is 32.2. The monoisotopic (exact) mass is 376 g/mol. The van der Waals surface area contributed by atoms with E-state index < -0.39 is 10.0 Å². The van der Waals surface area contributed by atoms with E-state index in [2.05, 4.69) is 46.3 Å². The molecule has 1 aliphatic carbocycles. The lowest BCUT2D eigenvalue weighted by molar-refractivity contribution is 0.0124. The van der Waals surface area contributed by atoms with Crippen molar-refractivity contribution in [1.82, 2.24) is 10.0 Å². The number of ether oxygens (including phenoxy) is 1. The van der Waals surface area contributed by atoms with Crippen LogP contribution in [0.2, 0.25) is 0 Å². The van der Waals surface area contributed by atoms with Gasteiger partial charge in [0, 0.05) is 12.1 Å². The zero-order valence-electron chi connectivity index (χ0n) is 15.2. The van der Waals surface area contributed by atoms with Crippen LogP contribution in [0.25, 0.3) is 0 Å². The summed E-state index contributed by atoms with van der Waals surface area (Å²) in [5.74, 6) is 3.29. The van der Waals surface area contributed by atoms with Crippen LogP contribution in [0.3, 0.4) is 0 Å². The fourth-order valence-electron chi connectivity index (χ4n) is 4.07. The Balaban J connectivity index is 1.48. The van der Waals surface area contributed by atoms with Crippen molar-refractivity contribution in [3.05, 3.63) is 35.9 Å². The molecular weight excluding hydrogens is 348 g/mol. The Hall–Kier alpha value is -1.39. The van der Waals surface area contributed by atoms with Gasteiger partial charge in [-0.3, -0.25) is 5.32 Å². The Morgan fingerprint density at radius 2 is 1.92 bits per heavy atom. The van der Waals surface area contributed by atoms with E-state index in [1.807, 2.05) is 0 Å². The number of benzene rings is 1. The lowest BCUT2D eigenvalue weighted by Gasteiger charge is -2.30. The number of hydrogen-bond donors (Lipinski definition) is 2. The Bertz CT molecular complexity index is 721. The van der Waals surface area contributed by atoms with Gasteiger partial charge in [-0.15, -0.1) is 6.42 Å². The maximum Gasteiger partial charge on any atom is 0.209 e. The smallest absolute Gasteiger partial charge is 0.209 e.